The molecule has 1 aliphatic rings. The van der Waals surface area contributed by atoms with Gasteiger partial charge in [-0.25, -0.2) is 0 Å². The van der Waals surface area contributed by atoms with Gasteiger partial charge in [-0.2, -0.15) is 5.10 Å². The number of aromatic nitrogens is 2. The molecule has 5 heteroatoms. The Morgan fingerprint density at radius 2 is 1.72 bits per heavy atom. The highest BCUT2D eigenvalue weighted by molar-refractivity contribution is 8.28. The maximum atomic E-state index is 6.26. The predicted molar refractivity (Wildman–Crippen MR) is 125 cm³/mol. The van der Waals surface area contributed by atoms with Crippen LogP contribution in [0.1, 0.15) is 12.8 Å². The Morgan fingerprint density at radius 1 is 0.931 bits per heavy atom. The van der Waals surface area contributed by atoms with Gasteiger partial charge in [0, 0.05) is 10.3 Å². The van der Waals surface area contributed by atoms with Crippen LogP contribution in [0, 0.1) is 0 Å². The number of fused-ring (bicyclic) bond motifs is 2. The van der Waals surface area contributed by atoms with Crippen molar-refractivity contribution in [3.8, 4) is 5.75 Å². The summed E-state index contributed by atoms with van der Waals surface area (Å²) in [6.07, 6.45) is 2.33. The molecule has 0 bridgehead atoms. The molecule has 3 aromatic carbocycles. The van der Waals surface area contributed by atoms with Gasteiger partial charge in [0.15, 0.2) is 0 Å². The van der Waals surface area contributed by atoms with Gasteiger partial charge >= 0.3 is 0 Å². The van der Waals surface area contributed by atoms with Crippen LogP contribution in [0.15, 0.2) is 70.6 Å². The fourth-order valence-corrected chi connectivity index (χ4v) is 6.06. The van der Waals surface area contributed by atoms with E-state index in [-0.39, 0.29) is 6.10 Å². The number of rotatable bonds is 4. The molecule has 2 heterocycles. The second-order valence-corrected chi connectivity index (χ2v) is 10.3. The highest BCUT2D eigenvalue weighted by atomic mass is 32.2. The first-order valence-electron chi connectivity index (χ1n) is 9.96. The van der Waals surface area contributed by atoms with Crippen molar-refractivity contribution in [2.75, 3.05) is 13.1 Å². The molecule has 0 aliphatic carbocycles. The summed E-state index contributed by atoms with van der Waals surface area (Å²) in [6.45, 7) is 2.02. The second kappa shape index (κ2) is 7.25. The number of nitrogens with zero attached hydrogens (tertiary/aromatic N) is 1. The summed E-state index contributed by atoms with van der Waals surface area (Å²) in [5.41, 5.74) is 0.919. The zero-order valence-electron chi connectivity index (χ0n) is 16.4. The molecular formula is C24H25N3OS. The molecule has 0 unspecified atom stereocenters. The Bertz CT molecular complexity index is 1280. The summed E-state index contributed by atoms with van der Waals surface area (Å²) in [6, 6.07) is 20.9. The summed E-state index contributed by atoms with van der Waals surface area (Å²) in [4.78, 5) is 1.16. The zero-order valence-corrected chi connectivity index (χ0v) is 17.2. The van der Waals surface area contributed by atoms with Crippen molar-refractivity contribution in [1.29, 1.82) is 0 Å². The summed E-state index contributed by atoms with van der Waals surface area (Å²) < 4.78 is 6.26. The van der Waals surface area contributed by atoms with Crippen molar-refractivity contribution < 1.29 is 4.74 Å². The van der Waals surface area contributed by atoms with E-state index in [2.05, 4.69) is 75.8 Å². The molecular weight excluding hydrogens is 378 g/mol. The first-order valence-corrected chi connectivity index (χ1v) is 11.9. The van der Waals surface area contributed by atoms with E-state index in [1.54, 1.807) is 0 Å². The van der Waals surface area contributed by atoms with Crippen LogP contribution in [-0.4, -0.2) is 41.1 Å². The van der Waals surface area contributed by atoms with E-state index >= 15 is 0 Å². The maximum absolute atomic E-state index is 6.26. The monoisotopic (exact) mass is 403 g/mol. The summed E-state index contributed by atoms with van der Waals surface area (Å²) in [7, 11) is -1.78. The lowest BCUT2D eigenvalue weighted by molar-refractivity contribution is 0.162. The van der Waals surface area contributed by atoms with Gasteiger partial charge in [-0.15, -0.1) is 9.21 Å². The van der Waals surface area contributed by atoms with Gasteiger partial charge in [0.25, 0.3) is 0 Å². The molecule has 0 saturated carbocycles. The van der Waals surface area contributed by atoms with Gasteiger partial charge in [-0.3, -0.25) is 5.10 Å². The number of hydrogen-bond donors (Lipinski definition) is 2. The molecule has 1 aromatic heterocycles. The van der Waals surface area contributed by atoms with E-state index in [0.717, 1.165) is 52.5 Å². The van der Waals surface area contributed by atoms with Crippen LogP contribution < -0.4 is 10.1 Å². The van der Waals surface area contributed by atoms with Crippen LogP contribution in [-0.2, 0) is 0 Å². The highest BCUT2D eigenvalue weighted by Gasteiger charge is 2.18. The standard InChI is InChI=1S/C24H25N3OS/c1-29(2,23-9-5-7-17-6-3-4-8-20(17)23)24-21-16-19(10-11-22(21)26-27-24)28-18-12-14-25-15-13-18/h3-11,16,18,25H,1-2,12-15H2,(H,26,27). The molecule has 2 N–H and O–H groups in total. The lowest BCUT2D eigenvalue weighted by Gasteiger charge is -2.24. The normalized spacial score (nSPS) is 15.7. The van der Waals surface area contributed by atoms with Crippen LogP contribution in [0.2, 0.25) is 0 Å². The molecule has 4 nitrogen and oxygen atoms in total. The molecule has 0 spiro atoms. The lowest BCUT2D eigenvalue weighted by Crippen LogP contribution is -2.34. The third kappa shape index (κ3) is 3.30. The van der Waals surface area contributed by atoms with Crippen molar-refractivity contribution in [3.63, 3.8) is 0 Å². The number of nitrogens with one attached hydrogen (secondary N) is 2. The van der Waals surface area contributed by atoms with E-state index in [0.29, 0.717) is 0 Å². The third-order valence-electron chi connectivity index (χ3n) is 5.64. The van der Waals surface area contributed by atoms with Crippen molar-refractivity contribution >= 4 is 42.6 Å². The number of aromatic amines is 1. The molecule has 0 atom stereocenters. The second-order valence-electron chi connectivity index (χ2n) is 7.66. The Labute approximate surface area is 171 Å². The topological polar surface area (TPSA) is 49.9 Å². The fourth-order valence-electron chi connectivity index (χ4n) is 4.09. The van der Waals surface area contributed by atoms with Crippen LogP contribution in [0.4, 0.5) is 0 Å². The quantitative estimate of drug-likeness (QED) is 0.475. The Balaban J connectivity index is 1.59. The average molecular weight is 404 g/mol. The molecule has 1 saturated heterocycles. The van der Waals surface area contributed by atoms with Crippen molar-refractivity contribution in [3.05, 3.63) is 60.7 Å². The van der Waals surface area contributed by atoms with E-state index in [1.807, 2.05) is 12.1 Å². The minimum Gasteiger partial charge on any atom is -0.490 e. The molecule has 4 aromatic rings. The van der Waals surface area contributed by atoms with E-state index in [1.165, 1.54) is 10.8 Å². The minimum atomic E-state index is -1.78. The molecule has 5 rings (SSSR count). The lowest BCUT2D eigenvalue weighted by atomic mass is 10.1. The van der Waals surface area contributed by atoms with E-state index in [4.69, 9.17) is 4.74 Å². The van der Waals surface area contributed by atoms with Crippen molar-refractivity contribution in [2.24, 2.45) is 0 Å². The van der Waals surface area contributed by atoms with Gasteiger partial charge in [-0.05, 0) is 61.0 Å². The first kappa shape index (κ1) is 18.3. The molecule has 1 fully saturated rings. The summed E-state index contributed by atoms with van der Waals surface area (Å²) >= 11 is 0. The summed E-state index contributed by atoms with van der Waals surface area (Å²) in [5.74, 6) is 10.0. The van der Waals surface area contributed by atoms with Crippen LogP contribution in [0.25, 0.3) is 21.7 Å². The Kier molecular flexibility index (Phi) is 4.57. The number of ether oxygens (including phenoxy) is 1. The van der Waals surface area contributed by atoms with Crippen LogP contribution in [0.5, 0.6) is 5.75 Å². The minimum absolute atomic E-state index is 0.263. The number of hydrogen-bond acceptors (Lipinski definition) is 3. The third-order valence-corrected chi connectivity index (χ3v) is 7.93. The highest BCUT2D eigenvalue weighted by Crippen LogP contribution is 2.46. The Hall–Kier alpha value is -2.76. The number of piperidine rings is 1. The molecule has 0 amide bonds. The Morgan fingerprint density at radius 3 is 2.59 bits per heavy atom. The van der Waals surface area contributed by atoms with E-state index in [9.17, 15) is 0 Å². The predicted octanol–water partition coefficient (Wildman–Crippen LogP) is 4.93. The average Bonchev–Trinajstić information content (AvgIpc) is 3.18. The molecule has 148 valence electrons. The van der Waals surface area contributed by atoms with Gasteiger partial charge in [0.05, 0.1) is 10.5 Å². The SMILES string of the molecule is C=S(=C)(c1cccc2ccccc12)c1[nH]nc2ccc(OC3CCNCC3)cc12. The molecule has 1 aliphatic heterocycles. The van der Waals surface area contributed by atoms with Crippen molar-refractivity contribution in [1.82, 2.24) is 15.5 Å². The van der Waals surface area contributed by atoms with E-state index < -0.39 is 9.21 Å². The van der Waals surface area contributed by atoms with Gasteiger partial charge in [-0.1, -0.05) is 48.1 Å². The number of benzene rings is 3. The van der Waals surface area contributed by atoms with Gasteiger partial charge < -0.3 is 10.1 Å². The largest absolute Gasteiger partial charge is 0.490 e. The van der Waals surface area contributed by atoms with Gasteiger partial charge in [0.2, 0.25) is 0 Å². The van der Waals surface area contributed by atoms with Crippen molar-refractivity contribution in [2.45, 2.75) is 28.9 Å². The number of H-pyrrole nitrogens is 1. The summed E-state index contributed by atoms with van der Waals surface area (Å²) in [5, 5.41) is 15.6. The zero-order chi connectivity index (χ0) is 19.8. The first-order chi connectivity index (χ1) is 14.1. The fraction of sp³-hybridized carbons (Fsp3) is 0.208. The van der Waals surface area contributed by atoms with Crippen LogP contribution in [0.3, 0.4) is 0 Å². The van der Waals surface area contributed by atoms with Gasteiger partial charge in [0.1, 0.15) is 11.9 Å². The van der Waals surface area contributed by atoms with Crippen LogP contribution >= 0.6 is 9.21 Å². The maximum Gasteiger partial charge on any atom is 0.120 e. The molecule has 0 radical (unpaired) electrons. The molecule has 29 heavy (non-hydrogen) atoms. The smallest absolute Gasteiger partial charge is 0.120 e.